The molecule has 2 aromatic rings. The van der Waals surface area contributed by atoms with Crippen LogP contribution in [0.1, 0.15) is 40.1 Å². The number of benzene rings is 1. The topological polar surface area (TPSA) is 81.8 Å². The van der Waals surface area contributed by atoms with Crippen LogP contribution in [0.25, 0.3) is 0 Å². The lowest BCUT2D eigenvalue weighted by atomic mass is 9.86. The maximum atomic E-state index is 14.5. The number of hydrogen-bond acceptors (Lipinski definition) is 5. The van der Waals surface area contributed by atoms with Crippen LogP contribution in [0.5, 0.6) is 0 Å². The van der Waals surface area contributed by atoms with Gasteiger partial charge in [-0.2, -0.15) is 13.2 Å². The SMILES string of the molecule is O=C(Cc1cccc(C(F)(F)F)c1F)NC1(C(=O)N2CCCN(C(=O)c3cccs3)CC2)CCNCC1. The van der Waals surface area contributed by atoms with E-state index in [0.29, 0.717) is 56.6 Å². The second-order valence-electron chi connectivity index (χ2n) is 9.25. The molecule has 12 heteroatoms. The van der Waals surface area contributed by atoms with Gasteiger partial charge in [-0.05, 0) is 55.4 Å². The summed E-state index contributed by atoms with van der Waals surface area (Å²) in [6.45, 7) is 2.46. The fourth-order valence-corrected chi connectivity index (χ4v) is 5.54. The van der Waals surface area contributed by atoms with E-state index in [-0.39, 0.29) is 30.2 Å². The zero-order chi connectivity index (χ0) is 26.6. The highest BCUT2D eigenvalue weighted by Gasteiger charge is 2.44. The van der Waals surface area contributed by atoms with Gasteiger partial charge in [-0.1, -0.05) is 18.2 Å². The Kier molecular flexibility index (Phi) is 8.17. The predicted octanol–water partition coefficient (Wildman–Crippen LogP) is 3.06. The van der Waals surface area contributed by atoms with Gasteiger partial charge in [0.25, 0.3) is 5.91 Å². The molecule has 1 aromatic heterocycles. The molecule has 0 atom stereocenters. The molecule has 2 aliphatic heterocycles. The number of piperidine rings is 1. The Balaban J connectivity index is 1.46. The molecule has 0 spiro atoms. The number of alkyl halides is 3. The van der Waals surface area contributed by atoms with E-state index in [4.69, 9.17) is 0 Å². The minimum atomic E-state index is -4.88. The van der Waals surface area contributed by atoms with Crippen LogP contribution in [0.3, 0.4) is 0 Å². The van der Waals surface area contributed by atoms with Crippen LogP contribution in [0.15, 0.2) is 35.7 Å². The normalized spacial score (nSPS) is 18.3. The number of thiophene rings is 1. The molecule has 2 saturated heterocycles. The lowest BCUT2D eigenvalue weighted by molar-refractivity contribution is -0.143. The lowest BCUT2D eigenvalue weighted by Gasteiger charge is -2.40. The van der Waals surface area contributed by atoms with Gasteiger partial charge in [0.15, 0.2) is 0 Å². The molecule has 37 heavy (non-hydrogen) atoms. The maximum absolute atomic E-state index is 14.5. The van der Waals surface area contributed by atoms with E-state index < -0.39 is 35.4 Å². The van der Waals surface area contributed by atoms with Crippen molar-refractivity contribution in [1.29, 1.82) is 0 Å². The summed E-state index contributed by atoms with van der Waals surface area (Å²) in [7, 11) is 0. The first-order valence-electron chi connectivity index (χ1n) is 12.1. The third-order valence-electron chi connectivity index (χ3n) is 6.78. The van der Waals surface area contributed by atoms with Gasteiger partial charge in [-0.15, -0.1) is 11.3 Å². The van der Waals surface area contributed by atoms with E-state index in [1.807, 2.05) is 5.38 Å². The van der Waals surface area contributed by atoms with Crippen molar-refractivity contribution in [2.75, 3.05) is 39.3 Å². The molecule has 1 aromatic carbocycles. The summed E-state index contributed by atoms with van der Waals surface area (Å²) in [5.41, 5.74) is -3.08. The number of halogens is 4. The van der Waals surface area contributed by atoms with Crippen LogP contribution >= 0.6 is 11.3 Å². The number of amides is 3. The Hall–Kier alpha value is -2.99. The Morgan fingerprint density at radius 1 is 1.00 bits per heavy atom. The molecule has 0 unspecified atom stereocenters. The quantitative estimate of drug-likeness (QED) is 0.572. The van der Waals surface area contributed by atoms with Crippen LogP contribution in [0.2, 0.25) is 0 Å². The summed E-state index contributed by atoms with van der Waals surface area (Å²) in [6, 6.07) is 6.38. The second kappa shape index (κ2) is 11.2. The van der Waals surface area contributed by atoms with E-state index in [1.54, 1.807) is 21.9 Å². The Morgan fingerprint density at radius 2 is 1.70 bits per heavy atom. The molecule has 0 saturated carbocycles. The standard InChI is InChI=1S/C25H28F4N4O3S/c26-21-17(4-1-5-18(21)25(27,28)29)16-20(34)31-24(7-9-30-10-8-24)23(36)33-12-3-11-32(13-14-33)22(35)19-6-2-15-37-19/h1-2,4-6,15,30H,3,7-14,16H2,(H,31,34). The maximum Gasteiger partial charge on any atom is 0.419 e. The Labute approximate surface area is 215 Å². The van der Waals surface area contributed by atoms with E-state index in [2.05, 4.69) is 10.6 Å². The Morgan fingerprint density at radius 3 is 2.38 bits per heavy atom. The van der Waals surface area contributed by atoms with Crippen LogP contribution < -0.4 is 10.6 Å². The summed E-state index contributed by atoms with van der Waals surface area (Å²) in [5.74, 6) is -2.59. The van der Waals surface area contributed by atoms with Crippen molar-refractivity contribution in [2.24, 2.45) is 0 Å². The minimum absolute atomic E-state index is 0.0858. The molecule has 0 aliphatic carbocycles. The third-order valence-corrected chi connectivity index (χ3v) is 7.64. The molecule has 7 nitrogen and oxygen atoms in total. The predicted molar refractivity (Wildman–Crippen MR) is 130 cm³/mol. The lowest BCUT2D eigenvalue weighted by Crippen LogP contribution is -2.64. The van der Waals surface area contributed by atoms with Crippen molar-refractivity contribution in [3.8, 4) is 0 Å². The molecule has 2 aliphatic rings. The molecule has 2 N–H and O–H groups in total. The van der Waals surface area contributed by atoms with Gasteiger partial charge >= 0.3 is 6.18 Å². The average molecular weight is 541 g/mol. The number of hydrogen-bond donors (Lipinski definition) is 2. The van der Waals surface area contributed by atoms with Crippen molar-refractivity contribution in [3.05, 3.63) is 57.5 Å². The first kappa shape index (κ1) is 27.1. The second-order valence-corrected chi connectivity index (χ2v) is 10.2. The van der Waals surface area contributed by atoms with Gasteiger partial charge in [0.05, 0.1) is 16.9 Å². The third kappa shape index (κ3) is 6.12. The first-order chi connectivity index (χ1) is 17.6. The van der Waals surface area contributed by atoms with Crippen molar-refractivity contribution >= 4 is 29.1 Å². The van der Waals surface area contributed by atoms with E-state index in [9.17, 15) is 31.9 Å². The van der Waals surface area contributed by atoms with Gasteiger partial charge in [-0.3, -0.25) is 14.4 Å². The zero-order valence-corrected chi connectivity index (χ0v) is 20.9. The van der Waals surface area contributed by atoms with Gasteiger partial charge < -0.3 is 20.4 Å². The summed E-state index contributed by atoms with van der Waals surface area (Å²) in [4.78, 5) is 43.4. The summed E-state index contributed by atoms with van der Waals surface area (Å²) in [5, 5.41) is 7.72. The molecule has 3 heterocycles. The van der Waals surface area contributed by atoms with Gasteiger partial charge in [0.2, 0.25) is 11.8 Å². The smallest absolute Gasteiger partial charge is 0.341 e. The molecule has 0 radical (unpaired) electrons. The molecule has 200 valence electrons. The fraction of sp³-hybridized carbons (Fsp3) is 0.480. The molecule has 2 fully saturated rings. The highest BCUT2D eigenvalue weighted by molar-refractivity contribution is 7.12. The number of nitrogens with zero attached hydrogens (tertiary/aromatic N) is 2. The number of carbonyl (C=O) groups is 3. The van der Waals surface area contributed by atoms with Gasteiger partial charge in [0.1, 0.15) is 11.4 Å². The zero-order valence-electron chi connectivity index (χ0n) is 20.1. The van der Waals surface area contributed by atoms with Crippen molar-refractivity contribution < 1.29 is 31.9 Å². The fourth-order valence-electron chi connectivity index (χ4n) is 4.85. The monoisotopic (exact) mass is 540 g/mol. The molecular formula is C25H28F4N4O3S. The van der Waals surface area contributed by atoms with E-state index in [0.717, 1.165) is 12.1 Å². The van der Waals surface area contributed by atoms with Crippen molar-refractivity contribution in [2.45, 2.75) is 37.4 Å². The first-order valence-corrected chi connectivity index (χ1v) is 13.0. The highest BCUT2D eigenvalue weighted by atomic mass is 32.1. The number of rotatable bonds is 5. The number of carbonyl (C=O) groups excluding carboxylic acids is 3. The van der Waals surface area contributed by atoms with E-state index >= 15 is 0 Å². The van der Waals surface area contributed by atoms with Crippen molar-refractivity contribution in [1.82, 2.24) is 20.4 Å². The largest absolute Gasteiger partial charge is 0.419 e. The van der Waals surface area contributed by atoms with E-state index in [1.165, 1.54) is 11.3 Å². The summed E-state index contributed by atoms with van der Waals surface area (Å²) < 4.78 is 53.7. The van der Waals surface area contributed by atoms with Gasteiger partial charge in [0, 0.05) is 26.2 Å². The van der Waals surface area contributed by atoms with Crippen LogP contribution in [0, 0.1) is 5.82 Å². The van der Waals surface area contributed by atoms with Crippen LogP contribution in [-0.4, -0.2) is 72.3 Å². The van der Waals surface area contributed by atoms with Gasteiger partial charge in [-0.25, -0.2) is 4.39 Å². The molecule has 4 rings (SSSR count). The van der Waals surface area contributed by atoms with Crippen LogP contribution in [-0.2, 0) is 22.2 Å². The summed E-state index contributed by atoms with van der Waals surface area (Å²) >= 11 is 1.36. The average Bonchev–Trinajstić information content (AvgIpc) is 3.29. The minimum Gasteiger partial charge on any atom is -0.341 e. The van der Waals surface area contributed by atoms with Crippen molar-refractivity contribution in [3.63, 3.8) is 0 Å². The highest BCUT2D eigenvalue weighted by Crippen LogP contribution is 2.32. The Bertz CT molecular complexity index is 1130. The molecular weight excluding hydrogens is 512 g/mol. The summed E-state index contributed by atoms with van der Waals surface area (Å²) in [6.07, 6.45) is -4.36. The number of nitrogens with one attached hydrogen (secondary N) is 2. The molecule has 3 amide bonds. The van der Waals surface area contributed by atoms with Crippen LogP contribution in [0.4, 0.5) is 17.6 Å². The molecule has 0 bridgehead atoms.